The van der Waals surface area contributed by atoms with E-state index in [4.69, 9.17) is 0 Å². The van der Waals surface area contributed by atoms with Gasteiger partial charge in [0, 0.05) is 10.8 Å². The number of hydrogen-bond donors (Lipinski definition) is 0. The Bertz CT molecular complexity index is 1260. The molecule has 3 heteroatoms. The van der Waals surface area contributed by atoms with Crippen LogP contribution in [0, 0.1) is 0 Å². The Hall–Kier alpha value is -1.79. The summed E-state index contributed by atoms with van der Waals surface area (Å²) in [4.78, 5) is 0. The second-order valence-corrected chi connectivity index (χ2v) is 9.73. The van der Waals surface area contributed by atoms with E-state index in [0.717, 1.165) is 0 Å². The number of hydrogen-bond acceptors (Lipinski definition) is 0. The second-order valence-electron chi connectivity index (χ2n) is 9.73. The fourth-order valence-corrected chi connectivity index (χ4v) is 4.82. The van der Waals surface area contributed by atoms with Gasteiger partial charge in [0.1, 0.15) is 0 Å². The molecular weight excluding hydrogens is 534 g/mol. The van der Waals surface area contributed by atoms with E-state index in [2.05, 4.69) is 131 Å². The Balaban J connectivity index is 0.00000136. The van der Waals surface area contributed by atoms with Gasteiger partial charge in [-0.3, -0.25) is 0 Å². The molecule has 0 fully saturated rings. The zero-order valence-corrected chi connectivity index (χ0v) is 24.0. The van der Waals surface area contributed by atoms with Gasteiger partial charge in [-0.05, 0) is 11.1 Å². The molecule has 171 valence electrons. The van der Waals surface area contributed by atoms with Gasteiger partial charge < -0.3 is 24.8 Å². The smallest absolute Gasteiger partial charge is 1.00 e. The molecule has 0 nitrogen and oxygen atoms in total. The predicted octanol–water partition coefficient (Wildman–Crippen LogP) is 2.37. The normalized spacial score (nSPS) is 11.4. The van der Waals surface area contributed by atoms with E-state index in [1.807, 2.05) is 0 Å². The first kappa shape index (κ1) is 28.5. The van der Waals surface area contributed by atoms with Crippen molar-refractivity contribution >= 4 is 21.5 Å². The van der Waals surface area contributed by atoms with Crippen LogP contribution in [0.5, 0.6) is 0 Å². The number of halogens is 2. The summed E-state index contributed by atoms with van der Waals surface area (Å²) in [5, 5.41) is 5.33. The molecule has 0 aliphatic rings. The molecule has 5 aromatic rings. The molecule has 0 aliphatic carbocycles. The van der Waals surface area contributed by atoms with E-state index in [1.54, 1.807) is 0 Å². The maximum atomic E-state index is 2.41. The van der Waals surface area contributed by atoms with Crippen LogP contribution < -0.4 is 24.8 Å². The van der Waals surface area contributed by atoms with Crippen molar-refractivity contribution in [3.63, 3.8) is 0 Å². The van der Waals surface area contributed by atoms with Crippen molar-refractivity contribution in [1.29, 1.82) is 0 Å². The summed E-state index contributed by atoms with van der Waals surface area (Å²) in [6, 6.07) is 37.9. The fourth-order valence-electron chi connectivity index (χ4n) is 4.82. The van der Waals surface area contributed by atoms with Crippen LogP contribution >= 0.6 is 0 Å². The molecule has 1 radical (unpaired) electrons. The van der Waals surface area contributed by atoms with Crippen LogP contribution in [-0.2, 0) is 37.0 Å². The summed E-state index contributed by atoms with van der Waals surface area (Å²) in [6.07, 6.45) is 0. The molecule has 0 heterocycles. The third-order valence-electron chi connectivity index (χ3n) is 7.14. The zero-order chi connectivity index (χ0) is 21.6. The molecule has 0 N–H and O–H groups in total. The van der Waals surface area contributed by atoms with Crippen LogP contribution in [0.25, 0.3) is 21.5 Å². The summed E-state index contributed by atoms with van der Waals surface area (Å²) < 4.78 is 0. The molecule has 34 heavy (non-hydrogen) atoms. The third kappa shape index (κ3) is 4.94. The Morgan fingerprint density at radius 3 is 1.18 bits per heavy atom. The summed E-state index contributed by atoms with van der Waals surface area (Å²) >= 11 is 0. The third-order valence-corrected chi connectivity index (χ3v) is 7.14. The Labute approximate surface area is 235 Å². The maximum Gasteiger partial charge on any atom is 3.00 e. The molecule has 5 rings (SSSR count). The van der Waals surface area contributed by atoms with E-state index >= 15 is 0 Å². The first-order valence-corrected chi connectivity index (χ1v) is 11.1. The monoisotopic (exact) mass is 561 g/mol. The van der Waals surface area contributed by atoms with Crippen molar-refractivity contribution in [2.24, 2.45) is 0 Å². The summed E-state index contributed by atoms with van der Waals surface area (Å²) in [6.45, 7) is 9.27. The van der Waals surface area contributed by atoms with Crippen molar-refractivity contribution in [2.75, 3.05) is 0 Å². The van der Waals surface area contributed by atoms with Crippen molar-refractivity contribution < 1.29 is 51.0 Å². The van der Waals surface area contributed by atoms with E-state index in [1.165, 1.54) is 43.8 Å². The minimum Gasteiger partial charge on any atom is -1.00 e. The average Bonchev–Trinajstić information content (AvgIpc) is 3.17. The first-order valence-electron chi connectivity index (χ1n) is 11.1. The van der Waals surface area contributed by atoms with E-state index in [-0.39, 0.29) is 61.8 Å². The maximum absolute atomic E-state index is 2.41. The topological polar surface area (TPSA) is 0 Å². The van der Waals surface area contributed by atoms with E-state index in [9.17, 15) is 0 Å². The van der Waals surface area contributed by atoms with Crippen LogP contribution in [0.4, 0.5) is 0 Å². The Morgan fingerprint density at radius 2 is 0.824 bits per heavy atom. The molecule has 0 atom stereocenters. The van der Waals surface area contributed by atoms with Gasteiger partial charge in [-0.15, -0.1) is 39.7 Å². The number of rotatable bonds is 4. The molecule has 0 unspecified atom stereocenters. The molecule has 0 amide bonds. The van der Waals surface area contributed by atoms with Gasteiger partial charge in [-0.25, -0.2) is 0 Å². The van der Waals surface area contributed by atoms with Crippen molar-refractivity contribution in [3.05, 3.63) is 125 Å². The summed E-state index contributed by atoms with van der Waals surface area (Å²) in [7, 11) is 0. The number of fused-ring (bicyclic) bond motifs is 3. The van der Waals surface area contributed by atoms with Gasteiger partial charge in [0.05, 0.1) is 0 Å². The summed E-state index contributed by atoms with van der Waals surface area (Å²) in [5.74, 6) is 0. The fraction of sp³-hybridized carbons (Fsp3) is 0.194. The molecule has 0 bridgehead atoms. The molecule has 5 aromatic carbocycles. The van der Waals surface area contributed by atoms with Crippen LogP contribution in [0.15, 0.2) is 103 Å². The molecule has 0 saturated carbocycles. The Morgan fingerprint density at radius 1 is 0.471 bits per heavy atom. The average molecular weight is 564 g/mol. The molecule has 0 aliphatic heterocycles. The predicted molar refractivity (Wildman–Crippen MR) is 134 cm³/mol. The van der Waals surface area contributed by atoms with Crippen LogP contribution in [0.3, 0.4) is 0 Å². The molecule has 0 saturated heterocycles. The molecule has 0 spiro atoms. The van der Waals surface area contributed by atoms with E-state index in [0.29, 0.717) is 0 Å². The zero-order valence-electron chi connectivity index (χ0n) is 20.1. The van der Waals surface area contributed by atoms with Gasteiger partial charge in [0.15, 0.2) is 0 Å². The quantitative estimate of drug-likeness (QED) is 0.295. The van der Waals surface area contributed by atoms with Crippen molar-refractivity contribution in [1.82, 2.24) is 0 Å². The van der Waals surface area contributed by atoms with Crippen LogP contribution in [-0.4, -0.2) is 0 Å². The molecule has 0 aromatic heterocycles. The van der Waals surface area contributed by atoms with Crippen molar-refractivity contribution in [2.45, 2.75) is 38.5 Å². The van der Waals surface area contributed by atoms with Crippen molar-refractivity contribution in [3.8, 4) is 0 Å². The second kappa shape index (κ2) is 10.9. The number of benzene rings is 4. The minimum absolute atomic E-state index is 0. The minimum atomic E-state index is -0.0417. The summed E-state index contributed by atoms with van der Waals surface area (Å²) in [5.41, 5.74) is 5.31. The molecular formula is C31H29Cl2Zr. The Kier molecular flexibility index (Phi) is 9.09. The van der Waals surface area contributed by atoms with Gasteiger partial charge in [-0.1, -0.05) is 124 Å². The van der Waals surface area contributed by atoms with Gasteiger partial charge >= 0.3 is 26.2 Å². The van der Waals surface area contributed by atoms with Gasteiger partial charge in [0.2, 0.25) is 0 Å². The standard InChI is InChI=1S/C31H29.2ClH.Zr/c1-30(2,24-11-7-5-8-12-24)26-17-15-22-19-23-16-18-27(21-29(23)28(22)20-26)31(3,4)25-13-9-6-10-14-25;;;/h5-21H,1-4H3;2*1H;/q-1;;;+3/p-2. The first-order chi connectivity index (χ1) is 14.9. The van der Waals surface area contributed by atoms with Crippen LogP contribution in [0.2, 0.25) is 0 Å². The van der Waals surface area contributed by atoms with Gasteiger partial charge in [-0.2, -0.15) is 0 Å². The largest absolute Gasteiger partial charge is 3.00 e. The van der Waals surface area contributed by atoms with Crippen LogP contribution in [0.1, 0.15) is 49.9 Å². The SMILES string of the molecule is CC(C)(c1ccccc1)c1ccc2[cH-]c3ccc(C(C)(C)c4ccccc4)cc3c2c1.[Cl-].[Cl-].[Zr+3]. The van der Waals surface area contributed by atoms with E-state index < -0.39 is 0 Å². The van der Waals surface area contributed by atoms with Gasteiger partial charge in [0.25, 0.3) is 0 Å².